The zero-order chi connectivity index (χ0) is 7.72. The first kappa shape index (κ1) is 7.94. The summed E-state index contributed by atoms with van der Waals surface area (Å²) in [6.07, 6.45) is -3.07. The third-order valence-corrected chi connectivity index (χ3v) is 1.63. The molecule has 4 heteroatoms. The van der Waals surface area contributed by atoms with E-state index in [1.165, 1.54) is 0 Å². The molecule has 1 heterocycles. The van der Waals surface area contributed by atoms with E-state index in [0.717, 1.165) is 0 Å². The highest BCUT2D eigenvalue weighted by Gasteiger charge is 2.33. The maximum absolute atomic E-state index is 9.03. The van der Waals surface area contributed by atoms with E-state index in [4.69, 9.17) is 20.1 Å². The van der Waals surface area contributed by atoms with Gasteiger partial charge in [-0.25, -0.2) is 0 Å². The van der Waals surface area contributed by atoms with Gasteiger partial charge in [-0.15, -0.1) is 0 Å². The Balaban J connectivity index is 2.49. The lowest BCUT2D eigenvalue weighted by atomic mass is 10.0. The fourth-order valence-electron chi connectivity index (χ4n) is 1.04. The molecule has 0 aliphatic carbocycles. The topological polar surface area (TPSA) is 69.9 Å². The summed E-state index contributed by atoms with van der Waals surface area (Å²) in [5, 5.41) is 26.9. The molecule has 3 N–H and O–H groups in total. The number of ether oxygens (including phenoxy) is 1. The summed E-state index contributed by atoms with van der Waals surface area (Å²) >= 11 is 0. The summed E-state index contributed by atoms with van der Waals surface area (Å²) in [6, 6.07) is 0. The van der Waals surface area contributed by atoms with E-state index in [2.05, 4.69) is 0 Å². The van der Waals surface area contributed by atoms with Crippen LogP contribution in [0.15, 0.2) is 0 Å². The lowest BCUT2D eigenvalue weighted by Gasteiger charge is -2.32. The van der Waals surface area contributed by atoms with E-state index >= 15 is 0 Å². The minimum Gasteiger partial charge on any atom is -0.390 e. The summed E-state index contributed by atoms with van der Waals surface area (Å²) in [7, 11) is 0. The van der Waals surface area contributed by atoms with Crippen molar-refractivity contribution in [2.24, 2.45) is 0 Å². The van der Waals surface area contributed by atoms with Crippen molar-refractivity contribution >= 4 is 0 Å². The lowest BCUT2D eigenvalue weighted by Crippen LogP contribution is -2.47. The van der Waals surface area contributed by atoms with Crippen molar-refractivity contribution in [3.63, 3.8) is 0 Å². The van der Waals surface area contributed by atoms with E-state index in [1.807, 2.05) is 0 Å². The van der Waals surface area contributed by atoms with Gasteiger partial charge in [0, 0.05) is 6.42 Å². The first-order valence-electron chi connectivity index (χ1n) is 3.31. The van der Waals surface area contributed by atoms with Crippen LogP contribution in [0.2, 0.25) is 0 Å². The van der Waals surface area contributed by atoms with Crippen molar-refractivity contribution in [3.8, 4) is 0 Å². The molecule has 1 saturated heterocycles. The van der Waals surface area contributed by atoms with Gasteiger partial charge in [0.2, 0.25) is 0 Å². The molecule has 0 bridgehead atoms. The average Bonchev–Trinajstić information content (AvgIpc) is 1.82. The molecular formula is C6H12O4. The van der Waals surface area contributed by atoms with Crippen LogP contribution >= 0.6 is 0 Å². The van der Waals surface area contributed by atoms with Crippen molar-refractivity contribution < 1.29 is 20.1 Å². The number of rotatable bonds is 0. The molecule has 4 nitrogen and oxygen atoms in total. The SMILES string of the molecule is CC1C[C@H](O)C(O)C(O)O1. The van der Waals surface area contributed by atoms with Crippen molar-refractivity contribution in [3.05, 3.63) is 0 Å². The average molecular weight is 148 g/mol. The van der Waals surface area contributed by atoms with E-state index in [0.29, 0.717) is 6.42 Å². The predicted octanol–water partition coefficient (Wildman–Crippen LogP) is -1.16. The second kappa shape index (κ2) is 2.84. The van der Waals surface area contributed by atoms with Gasteiger partial charge >= 0.3 is 0 Å². The third-order valence-electron chi connectivity index (χ3n) is 1.63. The van der Waals surface area contributed by atoms with Crippen LogP contribution in [0.1, 0.15) is 13.3 Å². The molecule has 0 radical (unpaired) electrons. The number of aliphatic hydroxyl groups is 3. The monoisotopic (exact) mass is 148 g/mol. The highest BCUT2D eigenvalue weighted by Crippen LogP contribution is 2.17. The van der Waals surface area contributed by atoms with Crippen LogP contribution < -0.4 is 0 Å². The van der Waals surface area contributed by atoms with Gasteiger partial charge in [0.05, 0.1) is 12.2 Å². The molecule has 0 spiro atoms. The molecule has 0 saturated carbocycles. The van der Waals surface area contributed by atoms with E-state index in [9.17, 15) is 0 Å². The van der Waals surface area contributed by atoms with Gasteiger partial charge < -0.3 is 20.1 Å². The van der Waals surface area contributed by atoms with Crippen molar-refractivity contribution in [1.82, 2.24) is 0 Å². The van der Waals surface area contributed by atoms with Crippen LogP contribution in [0.5, 0.6) is 0 Å². The maximum atomic E-state index is 9.03. The Kier molecular flexibility index (Phi) is 2.25. The Morgan fingerprint density at radius 1 is 1.30 bits per heavy atom. The minimum absolute atomic E-state index is 0.187. The molecule has 10 heavy (non-hydrogen) atoms. The quantitative estimate of drug-likeness (QED) is 0.405. The Labute approximate surface area is 59.1 Å². The molecule has 60 valence electrons. The second-order valence-corrected chi connectivity index (χ2v) is 2.63. The highest BCUT2D eigenvalue weighted by atomic mass is 16.6. The molecule has 0 amide bonds. The second-order valence-electron chi connectivity index (χ2n) is 2.63. The first-order chi connectivity index (χ1) is 4.61. The van der Waals surface area contributed by atoms with Crippen LogP contribution in [-0.2, 0) is 4.74 Å². The summed E-state index contributed by atoms with van der Waals surface area (Å²) in [6.45, 7) is 1.73. The fraction of sp³-hybridized carbons (Fsp3) is 1.00. The van der Waals surface area contributed by atoms with Gasteiger partial charge in [-0.05, 0) is 6.92 Å². The minimum atomic E-state index is -1.24. The molecule has 0 aromatic carbocycles. The molecule has 1 aliphatic heterocycles. The molecule has 4 atom stereocenters. The normalized spacial score (nSPS) is 49.2. The fourth-order valence-corrected chi connectivity index (χ4v) is 1.04. The van der Waals surface area contributed by atoms with Crippen LogP contribution in [0.4, 0.5) is 0 Å². The van der Waals surface area contributed by atoms with Crippen molar-refractivity contribution in [2.75, 3.05) is 0 Å². The Hall–Kier alpha value is -0.160. The standard InChI is InChI=1S/C6H12O4/c1-3-2-4(7)5(8)6(9)10-3/h3-9H,2H2,1H3/t3?,4-,5?,6?/m0/s1. The predicted molar refractivity (Wildman–Crippen MR) is 33.2 cm³/mol. The maximum Gasteiger partial charge on any atom is 0.183 e. The van der Waals surface area contributed by atoms with Gasteiger partial charge in [0.25, 0.3) is 0 Å². The van der Waals surface area contributed by atoms with E-state index < -0.39 is 18.5 Å². The van der Waals surface area contributed by atoms with Gasteiger partial charge in [0.15, 0.2) is 6.29 Å². The Bertz CT molecular complexity index is 104. The Morgan fingerprint density at radius 2 is 1.90 bits per heavy atom. The summed E-state index contributed by atoms with van der Waals surface area (Å²) < 4.78 is 4.81. The van der Waals surface area contributed by atoms with Gasteiger partial charge in [-0.2, -0.15) is 0 Å². The van der Waals surface area contributed by atoms with Gasteiger partial charge in [0.1, 0.15) is 6.10 Å². The molecule has 1 aliphatic rings. The van der Waals surface area contributed by atoms with Gasteiger partial charge in [-0.1, -0.05) is 0 Å². The largest absolute Gasteiger partial charge is 0.390 e. The molecule has 3 unspecified atom stereocenters. The van der Waals surface area contributed by atoms with Crippen LogP contribution in [-0.4, -0.2) is 39.9 Å². The number of aliphatic hydroxyl groups excluding tert-OH is 3. The molecular weight excluding hydrogens is 136 g/mol. The molecule has 1 fully saturated rings. The van der Waals surface area contributed by atoms with E-state index in [1.54, 1.807) is 6.92 Å². The van der Waals surface area contributed by atoms with Crippen LogP contribution in [0.3, 0.4) is 0 Å². The molecule has 0 aromatic rings. The van der Waals surface area contributed by atoms with Gasteiger partial charge in [-0.3, -0.25) is 0 Å². The number of hydrogen-bond acceptors (Lipinski definition) is 4. The molecule has 0 aromatic heterocycles. The third kappa shape index (κ3) is 1.46. The summed E-state index contributed by atoms with van der Waals surface area (Å²) in [5.41, 5.74) is 0. The summed E-state index contributed by atoms with van der Waals surface area (Å²) in [4.78, 5) is 0. The molecule has 1 rings (SSSR count). The first-order valence-corrected chi connectivity index (χ1v) is 3.31. The Morgan fingerprint density at radius 3 is 2.40 bits per heavy atom. The van der Waals surface area contributed by atoms with Crippen molar-refractivity contribution in [1.29, 1.82) is 0 Å². The zero-order valence-corrected chi connectivity index (χ0v) is 5.77. The highest BCUT2D eigenvalue weighted by molar-refractivity contribution is 4.77. The summed E-state index contributed by atoms with van der Waals surface area (Å²) in [5.74, 6) is 0. The smallest absolute Gasteiger partial charge is 0.183 e. The van der Waals surface area contributed by atoms with E-state index in [-0.39, 0.29) is 6.10 Å². The zero-order valence-electron chi connectivity index (χ0n) is 5.77. The van der Waals surface area contributed by atoms with Crippen LogP contribution in [0.25, 0.3) is 0 Å². The van der Waals surface area contributed by atoms with Crippen molar-refractivity contribution in [2.45, 2.75) is 37.9 Å². The number of hydrogen-bond donors (Lipinski definition) is 3. The van der Waals surface area contributed by atoms with Crippen LogP contribution in [0, 0.1) is 0 Å². The lowest BCUT2D eigenvalue weighted by molar-refractivity contribution is -0.242.